The van der Waals surface area contributed by atoms with Gasteiger partial charge in [-0.3, -0.25) is 0 Å². The van der Waals surface area contributed by atoms with E-state index < -0.39 is 6.09 Å². The number of nitrogen functional groups attached to an aromatic ring is 1. The van der Waals surface area contributed by atoms with Crippen molar-refractivity contribution in [3.8, 4) is 0 Å². The first-order valence-electron chi connectivity index (χ1n) is 7.15. The molecule has 1 aromatic carbocycles. The second kappa shape index (κ2) is 5.35. The topological polar surface area (TPSA) is 66.6 Å². The van der Waals surface area contributed by atoms with Gasteiger partial charge in [0.1, 0.15) is 0 Å². The predicted octanol–water partition coefficient (Wildman–Crippen LogP) is 3.54. The van der Waals surface area contributed by atoms with E-state index >= 15 is 0 Å². The summed E-state index contributed by atoms with van der Waals surface area (Å²) < 4.78 is 0. The van der Waals surface area contributed by atoms with Crippen LogP contribution < -0.4 is 5.73 Å². The van der Waals surface area contributed by atoms with Crippen LogP contribution in [0.15, 0.2) is 24.3 Å². The third-order valence-electron chi connectivity index (χ3n) is 4.13. The summed E-state index contributed by atoms with van der Waals surface area (Å²) in [5.41, 5.74) is 7.58. The molecule has 2 atom stereocenters. The zero-order valence-electron chi connectivity index (χ0n) is 12.5. The van der Waals surface area contributed by atoms with Gasteiger partial charge >= 0.3 is 6.09 Å². The first-order valence-corrected chi connectivity index (χ1v) is 7.15. The van der Waals surface area contributed by atoms with Crippen LogP contribution in [0.3, 0.4) is 0 Å². The highest BCUT2D eigenvalue weighted by Gasteiger charge is 2.42. The van der Waals surface area contributed by atoms with Crippen molar-refractivity contribution in [2.24, 2.45) is 5.41 Å². The normalized spacial score (nSPS) is 23.6. The molecule has 1 amide bonds. The maximum absolute atomic E-state index is 11.5. The van der Waals surface area contributed by atoms with Crippen LogP contribution in [0.1, 0.15) is 45.1 Å². The molecule has 0 aliphatic carbocycles. The van der Waals surface area contributed by atoms with E-state index in [0.717, 1.165) is 18.5 Å². The summed E-state index contributed by atoms with van der Waals surface area (Å²) in [6, 6.07) is 7.86. The molecule has 0 aromatic heterocycles. The van der Waals surface area contributed by atoms with Gasteiger partial charge in [-0.05, 0) is 36.0 Å². The van der Waals surface area contributed by atoms with E-state index in [-0.39, 0.29) is 17.4 Å². The number of nitrogens with two attached hydrogens (primary N) is 1. The molecule has 1 saturated heterocycles. The van der Waals surface area contributed by atoms with Crippen molar-refractivity contribution in [3.63, 3.8) is 0 Å². The number of anilines is 1. The Balaban J connectivity index is 2.38. The minimum Gasteiger partial charge on any atom is -0.465 e. The van der Waals surface area contributed by atoms with Crippen LogP contribution in [-0.4, -0.2) is 28.7 Å². The molecule has 1 aliphatic rings. The smallest absolute Gasteiger partial charge is 0.407 e. The molecule has 3 N–H and O–H groups in total. The van der Waals surface area contributed by atoms with Gasteiger partial charge in [-0.2, -0.15) is 0 Å². The fourth-order valence-electron chi connectivity index (χ4n) is 3.37. The fourth-order valence-corrected chi connectivity index (χ4v) is 3.37. The number of carbonyl (C=O) groups is 1. The molecule has 4 nitrogen and oxygen atoms in total. The van der Waals surface area contributed by atoms with Crippen molar-refractivity contribution in [2.45, 2.75) is 45.6 Å². The number of piperidine rings is 1. The molecule has 20 heavy (non-hydrogen) atoms. The number of hydrogen-bond acceptors (Lipinski definition) is 2. The summed E-state index contributed by atoms with van der Waals surface area (Å²) in [6.07, 6.45) is 1.12. The number of rotatable bonds is 1. The Bertz CT molecular complexity index is 476. The lowest BCUT2D eigenvalue weighted by Gasteiger charge is -2.47. The van der Waals surface area contributed by atoms with Gasteiger partial charge in [0.2, 0.25) is 0 Å². The van der Waals surface area contributed by atoms with Gasteiger partial charge in [-0.15, -0.1) is 0 Å². The Labute approximate surface area is 120 Å². The summed E-state index contributed by atoms with van der Waals surface area (Å²) in [5.74, 6) is 0.237. The first kappa shape index (κ1) is 14.7. The van der Waals surface area contributed by atoms with Gasteiger partial charge in [0.05, 0.1) is 0 Å². The highest BCUT2D eigenvalue weighted by Crippen LogP contribution is 2.41. The molecule has 1 aromatic rings. The van der Waals surface area contributed by atoms with Crippen LogP contribution in [0.2, 0.25) is 0 Å². The zero-order chi connectivity index (χ0) is 14.9. The highest BCUT2D eigenvalue weighted by atomic mass is 16.4. The predicted molar refractivity (Wildman–Crippen MR) is 80.8 cm³/mol. The molecule has 1 unspecified atom stereocenters. The maximum Gasteiger partial charge on any atom is 0.407 e. The van der Waals surface area contributed by atoms with E-state index in [0.29, 0.717) is 6.54 Å². The van der Waals surface area contributed by atoms with Gasteiger partial charge in [-0.1, -0.05) is 32.9 Å². The molecule has 2 rings (SSSR count). The molecule has 0 radical (unpaired) electrons. The van der Waals surface area contributed by atoms with E-state index in [1.165, 1.54) is 5.56 Å². The average Bonchev–Trinajstić information content (AvgIpc) is 2.37. The maximum atomic E-state index is 11.5. The molecule has 1 heterocycles. The van der Waals surface area contributed by atoms with Crippen molar-refractivity contribution in [3.05, 3.63) is 29.8 Å². The SMILES string of the molecule is CC(C)(C)[C@@H]1C(c2ccc(N)cc2)CCCN1C(=O)O. The van der Waals surface area contributed by atoms with Crippen molar-refractivity contribution in [2.75, 3.05) is 12.3 Å². The molecular formula is C16H24N2O2. The number of hydrogen-bond donors (Lipinski definition) is 2. The lowest BCUT2D eigenvalue weighted by Crippen LogP contribution is -2.53. The van der Waals surface area contributed by atoms with Crippen LogP contribution in [0.5, 0.6) is 0 Å². The van der Waals surface area contributed by atoms with E-state index in [1.807, 2.05) is 24.3 Å². The lowest BCUT2D eigenvalue weighted by molar-refractivity contribution is 0.0457. The molecule has 1 fully saturated rings. The summed E-state index contributed by atoms with van der Waals surface area (Å²) in [5, 5.41) is 9.49. The Morgan fingerprint density at radius 2 is 1.90 bits per heavy atom. The van der Waals surface area contributed by atoms with Gasteiger partial charge in [0, 0.05) is 24.2 Å². The van der Waals surface area contributed by atoms with Crippen molar-refractivity contribution >= 4 is 11.8 Å². The van der Waals surface area contributed by atoms with Crippen LogP contribution in [0, 0.1) is 5.41 Å². The molecule has 1 aliphatic heterocycles. The Kier molecular flexibility index (Phi) is 3.93. The van der Waals surface area contributed by atoms with Crippen LogP contribution >= 0.6 is 0 Å². The Morgan fingerprint density at radius 1 is 1.30 bits per heavy atom. The number of amides is 1. The van der Waals surface area contributed by atoms with Gasteiger partial charge in [-0.25, -0.2) is 4.79 Å². The van der Waals surface area contributed by atoms with Gasteiger partial charge in [0.25, 0.3) is 0 Å². The molecule has 0 bridgehead atoms. The van der Waals surface area contributed by atoms with Crippen LogP contribution in [-0.2, 0) is 0 Å². The standard InChI is InChI=1S/C16H24N2O2/c1-16(2,3)14-13(5-4-10-18(14)15(19)20)11-6-8-12(17)9-7-11/h6-9,13-14H,4-5,10,17H2,1-3H3,(H,19,20)/t13?,14-/m0/s1. The average molecular weight is 276 g/mol. The lowest BCUT2D eigenvalue weighted by atomic mass is 9.71. The van der Waals surface area contributed by atoms with E-state index in [2.05, 4.69) is 20.8 Å². The summed E-state index contributed by atoms with van der Waals surface area (Å²) >= 11 is 0. The number of benzene rings is 1. The first-order chi connectivity index (χ1) is 9.30. The molecule has 0 spiro atoms. The molecule has 4 heteroatoms. The number of likely N-dealkylation sites (tertiary alicyclic amines) is 1. The second-order valence-corrected chi connectivity index (χ2v) is 6.70. The van der Waals surface area contributed by atoms with E-state index in [1.54, 1.807) is 4.90 Å². The quantitative estimate of drug-likeness (QED) is 0.771. The van der Waals surface area contributed by atoms with Crippen molar-refractivity contribution < 1.29 is 9.90 Å². The summed E-state index contributed by atoms with van der Waals surface area (Å²) in [6.45, 7) is 6.97. The third kappa shape index (κ3) is 2.89. The van der Waals surface area contributed by atoms with Gasteiger partial charge < -0.3 is 15.7 Å². The van der Waals surface area contributed by atoms with Crippen LogP contribution in [0.4, 0.5) is 10.5 Å². The minimum atomic E-state index is -0.815. The summed E-state index contributed by atoms with van der Waals surface area (Å²) in [7, 11) is 0. The van der Waals surface area contributed by atoms with E-state index in [9.17, 15) is 9.90 Å². The van der Waals surface area contributed by atoms with Gasteiger partial charge in [0.15, 0.2) is 0 Å². The zero-order valence-corrected chi connectivity index (χ0v) is 12.5. The largest absolute Gasteiger partial charge is 0.465 e. The summed E-state index contributed by atoms with van der Waals surface area (Å²) in [4.78, 5) is 13.2. The minimum absolute atomic E-state index is 0.00243. The van der Waals surface area contributed by atoms with Crippen molar-refractivity contribution in [1.82, 2.24) is 4.90 Å². The molecule has 110 valence electrons. The van der Waals surface area contributed by atoms with Crippen molar-refractivity contribution in [1.29, 1.82) is 0 Å². The van der Waals surface area contributed by atoms with E-state index in [4.69, 9.17) is 5.73 Å². The fraction of sp³-hybridized carbons (Fsp3) is 0.562. The molecule has 0 saturated carbocycles. The highest BCUT2D eigenvalue weighted by molar-refractivity contribution is 5.66. The number of nitrogens with zero attached hydrogens (tertiary/aromatic N) is 1. The Hall–Kier alpha value is -1.71. The second-order valence-electron chi connectivity index (χ2n) is 6.70. The van der Waals surface area contributed by atoms with Crippen LogP contribution in [0.25, 0.3) is 0 Å². The third-order valence-corrected chi connectivity index (χ3v) is 4.13. The molecular weight excluding hydrogens is 252 g/mol. The number of carboxylic acid groups (broad SMARTS) is 1. The monoisotopic (exact) mass is 276 g/mol. The Morgan fingerprint density at radius 3 is 2.40 bits per heavy atom.